The highest BCUT2D eigenvalue weighted by molar-refractivity contribution is 6.03. The third kappa shape index (κ3) is 6.41. The molecule has 1 unspecified atom stereocenters. The first-order valence-electron chi connectivity index (χ1n) is 10.8. The number of nitrogens with zero attached hydrogens (tertiary/aromatic N) is 1. The second kappa shape index (κ2) is 11.1. The Hall–Kier alpha value is -4.21. The van der Waals surface area contributed by atoms with E-state index in [2.05, 4.69) is 15.8 Å². The zero-order valence-corrected chi connectivity index (χ0v) is 18.7. The number of rotatable bonds is 10. The minimum absolute atomic E-state index is 0.0166. The Morgan fingerprint density at radius 2 is 1.79 bits per heavy atom. The average molecular weight is 466 g/mol. The standard InChI is InChI=1S/C24H27N5O5/c1-2-14-3-5-17(6-4-14)23(31)28-20(24(32)33)13-27-21(30)12-18-11-19(29-34-18)15-7-9-16(10-8-15)22(25)26/h3-10,18,20H,2,11-13H2,1H3,(H3,25,26)(H,27,30)(H,28,31)(H,32,33)/t18?,20-/m1/s1. The SMILES string of the molecule is CCc1ccc(C(=O)N[C@H](CNC(=O)CC2CC(c3ccc(C(=N)N)cc3)=NO2)C(=O)O)cc1. The number of hydrogen-bond acceptors (Lipinski definition) is 6. The average Bonchev–Trinajstić information content (AvgIpc) is 3.29. The van der Waals surface area contributed by atoms with Crippen LogP contribution in [0.5, 0.6) is 0 Å². The van der Waals surface area contributed by atoms with Crippen LogP contribution in [0.2, 0.25) is 0 Å². The van der Waals surface area contributed by atoms with Crippen LogP contribution in [0.25, 0.3) is 0 Å². The Balaban J connectivity index is 1.47. The molecule has 2 aromatic rings. The molecule has 0 fully saturated rings. The first-order chi connectivity index (χ1) is 16.3. The van der Waals surface area contributed by atoms with Crippen molar-refractivity contribution in [2.45, 2.75) is 38.3 Å². The van der Waals surface area contributed by atoms with Gasteiger partial charge in [0.1, 0.15) is 18.0 Å². The Morgan fingerprint density at radius 3 is 2.38 bits per heavy atom. The summed E-state index contributed by atoms with van der Waals surface area (Å²) in [6.45, 7) is 1.73. The van der Waals surface area contributed by atoms with Crippen molar-refractivity contribution in [1.82, 2.24) is 10.6 Å². The van der Waals surface area contributed by atoms with Gasteiger partial charge in [0.15, 0.2) is 0 Å². The molecule has 1 heterocycles. The van der Waals surface area contributed by atoms with Gasteiger partial charge in [-0.3, -0.25) is 15.0 Å². The van der Waals surface area contributed by atoms with Crippen LogP contribution in [0, 0.1) is 5.41 Å². The third-order valence-corrected chi connectivity index (χ3v) is 5.41. The summed E-state index contributed by atoms with van der Waals surface area (Å²) in [5.74, 6) is -2.23. The largest absolute Gasteiger partial charge is 0.480 e. The number of carboxylic acids is 1. The van der Waals surface area contributed by atoms with E-state index in [1.807, 2.05) is 19.1 Å². The van der Waals surface area contributed by atoms with Crippen LogP contribution in [0.3, 0.4) is 0 Å². The number of aryl methyl sites for hydroxylation is 1. The van der Waals surface area contributed by atoms with Crippen LogP contribution in [-0.2, 0) is 20.8 Å². The lowest BCUT2D eigenvalue weighted by atomic mass is 10.0. The molecule has 0 bridgehead atoms. The van der Waals surface area contributed by atoms with E-state index >= 15 is 0 Å². The maximum atomic E-state index is 12.4. The van der Waals surface area contributed by atoms with Crippen LogP contribution in [0.15, 0.2) is 53.7 Å². The molecule has 10 heteroatoms. The number of benzene rings is 2. The summed E-state index contributed by atoms with van der Waals surface area (Å²) in [7, 11) is 0. The van der Waals surface area contributed by atoms with Crippen molar-refractivity contribution in [3.05, 3.63) is 70.8 Å². The highest BCUT2D eigenvalue weighted by Crippen LogP contribution is 2.19. The van der Waals surface area contributed by atoms with Crippen LogP contribution >= 0.6 is 0 Å². The van der Waals surface area contributed by atoms with Crippen molar-refractivity contribution < 1.29 is 24.3 Å². The molecule has 2 atom stereocenters. The number of amides is 2. The number of aliphatic carboxylic acids is 1. The number of carbonyl (C=O) groups is 3. The fraction of sp³-hybridized carbons (Fsp3) is 0.292. The molecule has 2 amide bonds. The number of carboxylic acid groups (broad SMARTS) is 1. The smallest absolute Gasteiger partial charge is 0.328 e. The lowest BCUT2D eigenvalue weighted by Gasteiger charge is -2.16. The summed E-state index contributed by atoms with van der Waals surface area (Å²) >= 11 is 0. The highest BCUT2D eigenvalue weighted by Gasteiger charge is 2.26. The molecule has 0 radical (unpaired) electrons. The van der Waals surface area contributed by atoms with Crippen molar-refractivity contribution in [3.63, 3.8) is 0 Å². The molecular formula is C24H27N5O5. The lowest BCUT2D eigenvalue weighted by Crippen LogP contribution is -2.48. The van der Waals surface area contributed by atoms with Crippen LogP contribution in [-0.4, -0.2) is 53.1 Å². The van der Waals surface area contributed by atoms with Gasteiger partial charge in [-0.05, 0) is 29.7 Å². The molecule has 1 aliphatic heterocycles. The number of carbonyl (C=O) groups excluding carboxylic acids is 2. The zero-order chi connectivity index (χ0) is 24.7. The van der Waals surface area contributed by atoms with E-state index in [1.165, 1.54) is 0 Å². The maximum absolute atomic E-state index is 12.4. The molecule has 0 aliphatic carbocycles. The number of hydrogen-bond donors (Lipinski definition) is 5. The van der Waals surface area contributed by atoms with Gasteiger partial charge >= 0.3 is 5.97 Å². The molecule has 2 aromatic carbocycles. The van der Waals surface area contributed by atoms with Crippen LogP contribution in [0.1, 0.15) is 46.8 Å². The van der Waals surface area contributed by atoms with E-state index in [0.717, 1.165) is 17.5 Å². The fourth-order valence-electron chi connectivity index (χ4n) is 3.38. The number of nitrogens with two attached hydrogens (primary N) is 1. The van der Waals surface area contributed by atoms with Gasteiger partial charge in [-0.2, -0.15) is 0 Å². The summed E-state index contributed by atoms with van der Waals surface area (Å²) < 4.78 is 0. The van der Waals surface area contributed by atoms with Gasteiger partial charge < -0.3 is 26.3 Å². The molecule has 10 nitrogen and oxygen atoms in total. The third-order valence-electron chi connectivity index (χ3n) is 5.41. The van der Waals surface area contributed by atoms with Crippen molar-refractivity contribution in [2.24, 2.45) is 10.9 Å². The normalized spacial score (nSPS) is 15.6. The number of amidine groups is 1. The summed E-state index contributed by atoms with van der Waals surface area (Å²) in [6, 6.07) is 12.6. The van der Waals surface area contributed by atoms with Crippen LogP contribution < -0.4 is 16.4 Å². The van der Waals surface area contributed by atoms with Gasteiger partial charge in [0.05, 0.1) is 12.1 Å². The molecule has 34 heavy (non-hydrogen) atoms. The number of nitrogen functional groups attached to an aromatic ring is 1. The van der Waals surface area contributed by atoms with Crippen molar-refractivity contribution >= 4 is 29.3 Å². The molecular weight excluding hydrogens is 438 g/mol. The van der Waals surface area contributed by atoms with Gasteiger partial charge in [-0.25, -0.2) is 4.79 Å². The second-order valence-corrected chi connectivity index (χ2v) is 7.88. The fourth-order valence-corrected chi connectivity index (χ4v) is 3.38. The quantitative estimate of drug-likeness (QED) is 0.263. The Bertz CT molecular complexity index is 1100. The molecule has 1 aliphatic rings. The predicted octanol–water partition coefficient (Wildman–Crippen LogP) is 1.42. The first kappa shape index (κ1) is 24.4. The van der Waals surface area contributed by atoms with E-state index in [-0.39, 0.29) is 18.8 Å². The Labute approximate surface area is 196 Å². The first-order valence-corrected chi connectivity index (χ1v) is 10.8. The summed E-state index contributed by atoms with van der Waals surface area (Å²) in [6.07, 6.45) is 0.726. The van der Waals surface area contributed by atoms with E-state index in [9.17, 15) is 19.5 Å². The van der Waals surface area contributed by atoms with Crippen LogP contribution in [0.4, 0.5) is 0 Å². The van der Waals surface area contributed by atoms with Gasteiger partial charge in [-0.1, -0.05) is 48.5 Å². The lowest BCUT2D eigenvalue weighted by molar-refractivity contribution is -0.139. The van der Waals surface area contributed by atoms with Gasteiger partial charge in [0, 0.05) is 24.1 Å². The second-order valence-electron chi connectivity index (χ2n) is 7.88. The van der Waals surface area contributed by atoms with E-state index in [4.69, 9.17) is 16.0 Å². The Kier molecular flexibility index (Phi) is 7.96. The minimum atomic E-state index is -1.28. The topological polar surface area (TPSA) is 167 Å². The molecule has 0 saturated heterocycles. The minimum Gasteiger partial charge on any atom is -0.480 e. The molecule has 0 aromatic heterocycles. The van der Waals surface area contributed by atoms with E-state index in [1.54, 1.807) is 36.4 Å². The monoisotopic (exact) mass is 465 g/mol. The van der Waals surface area contributed by atoms with E-state index < -0.39 is 29.9 Å². The molecule has 0 saturated carbocycles. The summed E-state index contributed by atoms with van der Waals surface area (Å²) in [5.41, 5.74) is 8.92. The molecule has 6 N–H and O–H groups in total. The van der Waals surface area contributed by atoms with E-state index in [0.29, 0.717) is 23.3 Å². The zero-order valence-electron chi connectivity index (χ0n) is 18.7. The number of nitrogens with one attached hydrogen (secondary N) is 3. The maximum Gasteiger partial charge on any atom is 0.328 e. The Morgan fingerprint density at radius 1 is 1.15 bits per heavy atom. The molecule has 3 rings (SSSR count). The van der Waals surface area contributed by atoms with Crippen molar-refractivity contribution in [3.8, 4) is 0 Å². The summed E-state index contributed by atoms with van der Waals surface area (Å²) in [5, 5.41) is 25.9. The van der Waals surface area contributed by atoms with Gasteiger partial charge in [0.25, 0.3) is 5.91 Å². The summed E-state index contributed by atoms with van der Waals surface area (Å²) in [4.78, 5) is 41.6. The van der Waals surface area contributed by atoms with Crippen molar-refractivity contribution in [2.75, 3.05) is 6.54 Å². The molecule has 178 valence electrons. The van der Waals surface area contributed by atoms with Gasteiger partial charge in [0.2, 0.25) is 5.91 Å². The predicted molar refractivity (Wildman–Crippen MR) is 126 cm³/mol. The van der Waals surface area contributed by atoms with Gasteiger partial charge in [-0.15, -0.1) is 0 Å². The number of oxime groups is 1. The van der Waals surface area contributed by atoms with Crippen molar-refractivity contribution in [1.29, 1.82) is 5.41 Å². The highest BCUT2D eigenvalue weighted by atomic mass is 16.6. The molecule has 0 spiro atoms.